The SMILES string of the molecule is COc1ccccc1-c1noc(COc2cc(F)ccc2[N+](=O)[O-])n1. The molecular formula is C16H12FN3O5. The summed E-state index contributed by atoms with van der Waals surface area (Å²) in [5.74, 6) is 0.0590. The van der Waals surface area contributed by atoms with Crippen LogP contribution >= 0.6 is 0 Å². The van der Waals surface area contributed by atoms with Crippen LogP contribution < -0.4 is 9.47 Å². The zero-order valence-corrected chi connectivity index (χ0v) is 13.0. The second-order valence-electron chi connectivity index (χ2n) is 4.87. The summed E-state index contributed by atoms with van der Waals surface area (Å²) in [5.41, 5.74) is 0.266. The second kappa shape index (κ2) is 6.95. The Morgan fingerprint density at radius 3 is 2.80 bits per heavy atom. The summed E-state index contributed by atoms with van der Waals surface area (Å²) < 4.78 is 28.8. The minimum atomic E-state index is -0.664. The Hall–Kier alpha value is -3.49. The first-order chi connectivity index (χ1) is 12.1. The summed E-state index contributed by atoms with van der Waals surface area (Å²) in [7, 11) is 1.52. The number of nitrogens with zero attached hydrogens (tertiary/aromatic N) is 3. The molecule has 0 spiro atoms. The Balaban J connectivity index is 1.79. The van der Waals surface area contributed by atoms with Gasteiger partial charge in [0.2, 0.25) is 11.6 Å². The number of hydrogen-bond donors (Lipinski definition) is 0. The summed E-state index contributed by atoms with van der Waals surface area (Å²) in [6.45, 7) is -0.244. The second-order valence-corrected chi connectivity index (χ2v) is 4.87. The van der Waals surface area contributed by atoms with Crippen LogP contribution in [0.2, 0.25) is 0 Å². The maximum absolute atomic E-state index is 13.3. The van der Waals surface area contributed by atoms with Crippen molar-refractivity contribution in [1.29, 1.82) is 0 Å². The van der Waals surface area contributed by atoms with Gasteiger partial charge in [-0.2, -0.15) is 4.98 Å². The van der Waals surface area contributed by atoms with Gasteiger partial charge >= 0.3 is 5.69 Å². The summed E-state index contributed by atoms with van der Waals surface area (Å²) in [5, 5.41) is 14.8. The van der Waals surface area contributed by atoms with E-state index in [0.717, 1.165) is 18.2 Å². The molecule has 3 rings (SSSR count). The molecule has 0 saturated carbocycles. The molecule has 0 aliphatic rings. The minimum Gasteiger partial charge on any atom is -0.496 e. The van der Waals surface area contributed by atoms with Gasteiger partial charge in [0.1, 0.15) is 11.6 Å². The molecule has 0 fully saturated rings. The zero-order valence-electron chi connectivity index (χ0n) is 13.0. The first kappa shape index (κ1) is 16.4. The quantitative estimate of drug-likeness (QED) is 0.498. The van der Waals surface area contributed by atoms with Gasteiger partial charge in [-0.25, -0.2) is 4.39 Å². The lowest BCUT2D eigenvalue weighted by Crippen LogP contribution is -2.00. The predicted octanol–water partition coefficient (Wildman–Crippen LogP) is 3.37. The van der Waals surface area contributed by atoms with Crippen molar-refractivity contribution in [1.82, 2.24) is 10.1 Å². The molecule has 1 heterocycles. The average Bonchev–Trinajstić information content (AvgIpc) is 3.08. The Labute approximate surface area is 141 Å². The van der Waals surface area contributed by atoms with E-state index in [1.165, 1.54) is 7.11 Å². The van der Waals surface area contributed by atoms with Gasteiger partial charge in [0.05, 0.1) is 17.6 Å². The number of nitro groups is 1. The van der Waals surface area contributed by atoms with Crippen LogP contribution in [0.15, 0.2) is 47.0 Å². The average molecular weight is 345 g/mol. The lowest BCUT2D eigenvalue weighted by Gasteiger charge is -2.04. The van der Waals surface area contributed by atoms with E-state index in [1.54, 1.807) is 24.3 Å². The normalized spacial score (nSPS) is 10.5. The molecule has 0 aliphatic carbocycles. The van der Waals surface area contributed by atoms with Crippen molar-refractivity contribution in [2.24, 2.45) is 0 Å². The number of aromatic nitrogens is 2. The third kappa shape index (κ3) is 3.55. The molecule has 9 heteroatoms. The Morgan fingerprint density at radius 1 is 1.24 bits per heavy atom. The van der Waals surface area contributed by atoms with E-state index in [9.17, 15) is 14.5 Å². The smallest absolute Gasteiger partial charge is 0.311 e. The van der Waals surface area contributed by atoms with E-state index in [-0.39, 0.29) is 29.8 Å². The van der Waals surface area contributed by atoms with Crippen molar-refractivity contribution in [3.63, 3.8) is 0 Å². The fourth-order valence-electron chi connectivity index (χ4n) is 2.15. The number of nitro benzene ring substituents is 1. The molecule has 2 aromatic carbocycles. The minimum absolute atomic E-state index is 0.0828. The number of halogens is 1. The van der Waals surface area contributed by atoms with Gasteiger partial charge in [-0.15, -0.1) is 0 Å². The van der Waals surface area contributed by atoms with Gasteiger partial charge in [0.25, 0.3) is 5.89 Å². The molecule has 0 atom stereocenters. The van der Waals surface area contributed by atoms with Crippen LogP contribution in [-0.2, 0) is 6.61 Å². The molecule has 0 amide bonds. The Bertz CT molecular complexity index is 912. The van der Waals surface area contributed by atoms with Crippen LogP contribution in [-0.4, -0.2) is 22.2 Å². The van der Waals surface area contributed by atoms with Gasteiger partial charge in [0.15, 0.2) is 6.61 Å². The van der Waals surface area contributed by atoms with Gasteiger partial charge in [0, 0.05) is 12.1 Å². The molecule has 128 valence electrons. The van der Waals surface area contributed by atoms with Crippen molar-refractivity contribution in [2.45, 2.75) is 6.61 Å². The molecule has 8 nitrogen and oxygen atoms in total. The van der Waals surface area contributed by atoms with Crippen LogP contribution in [0.3, 0.4) is 0 Å². The van der Waals surface area contributed by atoms with E-state index in [2.05, 4.69) is 10.1 Å². The number of hydrogen-bond acceptors (Lipinski definition) is 7. The van der Waals surface area contributed by atoms with Crippen LogP contribution in [0.5, 0.6) is 11.5 Å². The highest BCUT2D eigenvalue weighted by atomic mass is 19.1. The topological polar surface area (TPSA) is 101 Å². The van der Waals surface area contributed by atoms with Crippen LogP contribution in [0.25, 0.3) is 11.4 Å². The van der Waals surface area contributed by atoms with Crippen LogP contribution in [0, 0.1) is 15.9 Å². The van der Waals surface area contributed by atoms with E-state index < -0.39 is 10.7 Å². The van der Waals surface area contributed by atoms with Crippen molar-refractivity contribution in [3.05, 3.63) is 64.3 Å². The van der Waals surface area contributed by atoms with Crippen molar-refractivity contribution in [2.75, 3.05) is 7.11 Å². The highest BCUT2D eigenvalue weighted by molar-refractivity contribution is 5.63. The molecule has 3 aromatic rings. The molecule has 25 heavy (non-hydrogen) atoms. The fourth-order valence-corrected chi connectivity index (χ4v) is 2.15. The molecule has 0 bridgehead atoms. The van der Waals surface area contributed by atoms with Gasteiger partial charge < -0.3 is 14.0 Å². The maximum atomic E-state index is 13.3. The van der Waals surface area contributed by atoms with E-state index >= 15 is 0 Å². The molecule has 0 aliphatic heterocycles. The lowest BCUT2D eigenvalue weighted by molar-refractivity contribution is -0.386. The Kier molecular flexibility index (Phi) is 4.55. The monoisotopic (exact) mass is 345 g/mol. The molecular weight excluding hydrogens is 333 g/mol. The largest absolute Gasteiger partial charge is 0.496 e. The van der Waals surface area contributed by atoms with E-state index in [0.29, 0.717) is 11.3 Å². The number of para-hydroxylation sites is 1. The Morgan fingerprint density at radius 2 is 2.04 bits per heavy atom. The zero-order chi connectivity index (χ0) is 17.8. The number of benzene rings is 2. The summed E-state index contributed by atoms with van der Waals surface area (Å²) in [6, 6.07) is 10.0. The highest BCUT2D eigenvalue weighted by Crippen LogP contribution is 2.29. The van der Waals surface area contributed by atoms with E-state index in [4.69, 9.17) is 14.0 Å². The number of methoxy groups -OCH3 is 1. The fraction of sp³-hybridized carbons (Fsp3) is 0.125. The molecule has 0 saturated heterocycles. The van der Waals surface area contributed by atoms with Gasteiger partial charge in [-0.1, -0.05) is 17.3 Å². The number of ether oxygens (including phenoxy) is 2. The van der Waals surface area contributed by atoms with Crippen molar-refractivity contribution < 1.29 is 23.3 Å². The predicted molar refractivity (Wildman–Crippen MR) is 83.7 cm³/mol. The van der Waals surface area contributed by atoms with E-state index in [1.807, 2.05) is 0 Å². The third-order valence-electron chi connectivity index (χ3n) is 3.29. The molecule has 0 radical (unpaired) electrons. The number of rotatable bonds is 6. The summed E-state index contributed by atoms with van der Waals surface area (Å²) >= 11 is 0. The van der Waals surface area contributed by atoms with Crippen molar-refractivity contribution >= 4 is 5.69 Å². The third-order valence-corrected chi connectivity index (χ3v) is 3.29. The first-order valence-electron chi connectivity index (χ1n) is 7.11. The van der Waals surface area contributed by atoms with Crippen LogP contribution in [0.1, 0.15) is 5.89 Å². The summed E-state index contributed by atoms with van der Waals surface area (Å²) in [6.07, 6.45) is 0. The van der Waals surface area contributed by atoms with Gasteiger partial charge in [-0.05, 0) is 18.2 Å². The maximum Gasteiger partial charge on any atom is 0.311 e. The van der Waals surface area contributed by atoms with Gasteiger partial charge in [-0.3, -0.25) is 10.1 Å². The van der Waals surface area contributed by atoms with Crippen LogP contribution in [0.4, 0.5) is 10.1 Å². The lowest BCUT2D eigenvalue weighted by atomic mass is 10.2. The summed E-state index contributed by atoms with van der Waals surface area (Å²) in [4.78, 5) is 14.4. The first-order valence-corrected chi connectivity index (χ1v) is 7.11. The standard InChI is InChI=1S/C16H12FN3O5/c1-23-13-5-3-2-4-11(13)16-18-15(25-19-16)9-24-14-8-10(17)6-7-12(14)20(21)22/h2-8H,9H2,1H3. The molecule has 1 aromatic heterocycles. The molecule has 0 unspecified atom stereocenters. The van der Waals surface area contributed by atoms with Crippen molar-refractivity contribution in [3.8, 4) is 22.9 Å². The molecule has 0 N–H and O–H groups in total. The highest BCUT2D eigenvalue weighted by Gasteiger charge is 2.18.